The highest BCUT2D eigenvalue weighted by Crippen LogP contribution is 2.30. The quantitative estimate of drug-likeness (QED) is 0.910. The van der Waals surface area contributed by atoms with E-state index in [0.29, 0.717) is 13.2 Å². The van der Waals surface area contributed by atoms with Crippen LogP contribution in [-0.2, 0) is 17.8 Å². The van der Waals surface area contributed by atoms with Crippen molar-refractivity contribution in [3.63, 3.8) is 0 Å². The second-order valence-electron chi connectivity index (χ2n) is 6.38. The Morgan fingerprint density at radius 1 is 1.20 bits per heavy atom. The summed E-state index contributed by atoms with van der Waals surface area (Å²) in [6.07, 6.45) is -0.0140. The number of likely N-dealkylation sites (N-methyl/N-ethyl adjacent to an activating group) is 1. The average molecular weight is 338 g/mol. The minimum atomic E-state index is -0.846. The highest BCUT2D eigenvalue weighted by Gasteiger charge is 2.21. The average Bonchev–Trinajstić information content (AvgIpc) is 2.72. The van der Waals surface area contributed by atoms with E-state index in [4.69, 9.17) is 14.8 Å². The molecule has 0 unspecified atom stereocenters. The Kier molecular flexibility index (Phi) is 5.14. The van der Waals surface area contributed by atoms with Crippen molar-refractivity contribution in [2.45, 2.75) is 13.0 Å². The third-order valence-corrected chi connectivity index (χ3v) is 4.13. The fourth-order valence-electron chi connectivity index (χ4n) is 2.88. The van der Waals surface area contributed by atoms with E-state index in [1.165, 1.54) is 0 Å². The highest BCUT2D eigenvalue weighted by atomic mass is 16.5. The minimum Gasteiger partial charge on any atom is -0.488 e. The van der Waals surface area contributed by atoms with E-state index < -0.39 is 5.97 Å². The molecule has 0 fully saturated rings. The van der Waals surface area contributed by atoms with Crippen molar-refractivity contribution in [1.82, 2.24) is 4.90 Å². The van der Waals surface area contributed by atoms with Gasteiger partial charge in [-0.25, -0.2) is 0 Å². The molecule has 0 saturated heterocycles. The topological polar surface area (TPSA) is 62.1 Å². The van der Waals surface area contributed by atoms with Gasteiger partial charge in [-0.05, 0) is 37.4 Å². The number of aliphatic carboxylic acids is 1. The smallest absolute Gasteiger partial charge is 0.307 e. The largest absolute Gasteiger partial charge is 0.488 e. The van der Waals surface area contributed by atoms with Crippen molar-refractivity contribution >= 4 is 11.7 Å². The summed E-state index contributed by atoms with van der Waals surface area (Å²) >= 11 is 0. The van der Waals surface area contributed by atoms with Crippen LogP contribution in [-0.4, -0.2) is 48.9 Å². The van der Waals surface area contributed by atoms with Gasteiger partial charge in [0.1, 0.15) is 12.4 Å². The summed E-state index contributed by atoms with van der Waals surface area (Å²) in [5.74, 6) is -0.102. The first-order valence-electron chi connectivity index (χ1n) is 8.30. The molecule has 0 amide bonds. The molecule has 0 bridgehead atoms. The molecule has 2 aromatic rings. The fraction of sp³-hybridized carbons (Fsp3) is 0.300. The molecule has 0 aromatic heterocycles. The SMILES string of the molecule is CN(C)CCN=C1c2ccccc2COc2ccc(CC(=O)O)cc21. The lowest BCUT2D eigenvalue weighted by atomic mass is 9.96. The number of nitrogens with zero attached hydrogens (tertiary/aromatic N) is 2. The van der Waals surface area contributed by atoms with Gasteiger partial charge in [-0.2, -0.15) is 0 Å². The summed E-state index contributed by atoms with van der Waals surface area (Å²) < 4.78 is 5.95. The Bertz CT molecular complexity index is 812. The number of fused-ring (bicyclic) bond motifs is 2. The second kappa shape index (κ2) is 7.49. The van der Waals surface area contributed by atoms with Crippen LogP contribution in [0.5, 0.6) is 5.75 Å². The lowest BCUT2D eigenvalue weighted by molar-refractivity contribution is -0.136. The number of hydrogen-bond donors (Lipinski definition) is 1. The molecule has 0 spiro atoms. The molecule has 0 aliphatic carbocycles. The van der Waals surface area contributed by atoms with Crippen LogP contribution in [0.25, 0.3) is 0 Å². The van der Waals surface area contributed by atoms with Gasteiger partial charge in [0, 0.05) is 17.7 Å². The number of aliphatic imine (C=N–C) groups is 1. The molecule has 1 aliphatic heterocycles. The first-order chi connectivity index (χ1) is 12.0. The highest BCUT2D eigenvalue weighted by molar-refractivity contribution is 6.15. The van der Waals surface area contributed by atoms with Crippen molar-refractivity contribution in [3.8, 4) is 5.75 Å². The molecule has 5 nitrogen and oxygen atoms in total. The summed E-state index contributed by atoms with van der Waals surface area (Å²) in [6, 6.07) is 13.6. The third-order valence-electron chi connectivity index (χ3n) is 4.13. The number of rotatable bonds is 5. The number of ether oxygens (including phenoxy) is 1. The molecule has 1 N–H and O–H groups in total. The molecule has 1 aliphatic rings. The fourth-order valence-corrected chi connectivity index (χ4v) is 2.88. The first kappa shape index (κ1) is 17.2. The number of carbonyl (C=O) groups is 1. The van der Waals surface area contributed by atoms with Crippen molar-refractivity contribution in [1.29, 1.82) is 0 Å². The van der Waals surface area contributed by atoms with Crippen molar-refractivity contribution in [3.05, 3.63) is 64.7 Å². The van der Waals surface area contributed by atoms with E-state index >= 15 is 0 Å². The first-order valence-corrected chi connectivity index (χ1v) is 8.30. The standard InChI is InChI=1S/C20H22N2O3/c1-22(2)10-9-21-20-16-6-4-3-5-15(16)13-25-18-8-7-14(11-17(18)20)12-19(23)24/h3-8,11H,9-10,12-13H2,1-2H3,(H,23,24). The Balaban J connectivity index is 2.08. The molecule has 0 saturated carbocycles. The van der Waals surface area contributed by atoms with Crippen LogP contribution >= 0.6 is 0 Å². The van der Waals surface area contributed by atoms with E-state index in [9.17, 15) is 4.79 Å². The molecule has 3 rings (SSSR count). The summed E-state index contributed by atoms with van der Waals surface area (Å²) in [5.41, 5.74) is 4.61. The maximum Gasteiger partial charge on any atom is 0.307 e. The van der Waals surface area contributed by atoms with Gasteiger partial charge in [0.2, 0.25) is 0 Å². The second-order valence-corrected chi connectivity index (χ2v) is 6.38. The number of benzene rings is 2. The zero-order valence-corrected chi connectivity index (χ0v) is 14.5. The van der Waals surface area contributed by atoms with E-state index in [1.807, 2.05) is 50.5 Å². The number of hydrogen-bond acceptors (Lipinski definition) is 4. The van der Waals surface area contributed by atoms with E-state index in [-0.39, 0.29) is 6.42 Å². The zero-order valence-electron chi connectivity index (χ0n) is 14.5. The predicted octanol–water partition coefficient (Wildman–Crippen LogP) is 2.61. The summed E-state index contributed by atoms with van der Waals surface area (Å²) in [6.45, 7) is 1.99. The summed E-state index contributed by atoms with van der Waals surface area (Å²) in [5, 5.41) is 9.09. The summed E-state index contributed by atoms with van der Waals surface area (Å²) in [7, 11) is 4.03. The van der Waals surface area contributed by atoms with Crippen LogP contribution < -0.4 is 4.74 Å². The van der Waals surface area contributed by atoms with Gasteiger partial charge in [0.05, 0.1) is 18.7 Å². The Morgan fingerprint density at radius 3 is 2.76 bits per heavy atom. The number of carboxylic acid groups (broad SMARTS) is 1. The molecule has 130 valence electrons. The minimum absolute atomic E-state index is 0.0140. The van der Waals surface area contributed by atoms with Crippen LogP contribution in [0.15, 0.2) is 47.5 Å². The Morgan fingerprint density at radius 2 is 2.00 bits per heavy atom. The van der Waals surface area contributed by atoms with Crippen LogP contribution in [0.3, 0.4) is 0 Å². The van der Waals surface area contributed by atoms with Crippen molar-refractivity contribution < 1.29 is 14.6 Å². The van der Waals surface area contributed by atoms with Crippen LogP contribution in [0.2, 0.25) is 0 Å². The molecule has 5 heteroatoms. The zero-order chi connectivity index (χ0) is 17.8. The van der Waals surface area contributed by atoms with Crippen LogP contribution in [0.1, 0.15) is 22.3 Å². The third kappa shape index (κ3) is 4.06. The van der Waals surface area contributed by atoms with Gasteiger partial charge in [-0.3, -0.25) is 9.79 Å². The van der Waals surface area contributed by atoms with E-state index in [1.54, 1.807) is 6.07 Å². The van der Waals surface area contributed by atoms with Crippen molar-refractivity contribution in [2.75, 3.05) is 27.2 Å². The molecule has 0 atom stereocenters. The van der Waals surface area contributed by atoms with E-state index in [0.717, 1.165) is 40.3 Å². The monoisotopic (exact) mass is 338 g/mol. The Hall–Kier alpha value is -2.66. The van der Waals surface area contributed by atoms with Gasteiger partial charge in [0.25, 0.3) is 0 Å². The summed E-state index contributed by atoms with van der Waals surface area (Å²) in [4.78, 5) is 18.0. The van der Waals surface area contributed by atoms with Gasteiger partial charge in [-0.15, -0.1) is 0 Å². The van der Waals surface area contributed by atoms with Gasteiger partial charge in [-0.1, -0.05) is 30.3 Å². The van der Waals surface area contributed by atoms with Crippen LogP contribution in [0, 0.1) is 0 Å². The number of carboxylic acids is 1. The molecular weight excluding hydrogens is 316 g/mol. The van der Waals surface area contributed by atoms with E-state index in [2.05, 4.69) is 4.90 Å². The van der Waals surface area contributed by atoms with Gasteiger partial charge < -0.3 is 14.7 Å². The maximum absolute atomic E-state index is 11.1. The molecule has 0 radical (unpaired) electrons. The van der Waals surface area contributed by atoms with Crippen LogP contribution in [0.4, 0.5) is 0 Å². The lowest BCUT2D eigenvalue weighted by Crippen LogP contribution is -2.17. The molecular formula is C20H22N2O3. The molecule has 2 aromatic carbocycles. The molecule has 25 heavy (non-hydrogen) atoms. The lowest BCUT2D eigenvalue weighted by Gasteiger charge is -2.12. The molecule has 1 heterocycles. The predicted molar refractivity (Wildman–Crippen MR) is 97.6 cm³/mol. The van der Waals surface area contributed by atoms with Gasteiger partial charge in [0.15, 0.2) is 0 Å². The van der Waals surface area contributed by atoms with Crippen molar-refractivity contribution in [2.24, 2.45) is 4.99 Å². The normalized spacial score (nSPS) is 14.6. The van der Waals surface area contributed by atoms with Gasteiger partial charge >= 0.3 is 5.97 Å². The Labute approximate surface area is 147 Å². The maximum atomic E-state index is 11.1.